The van der Waals surface area contributed by atoms with Gasteiger partial charge >= 0.3 is 6.03 Å². The molecule has 0 aliphatic carbocycles. The van der Waals surface area contributed by atoms with Gasteiger partial charge in [0.05, 0.1) is 19.8 Å². The number of hydrogen-bond acceptors (Lipinski definition) is 6. The fraction of sp³-hybridized carbons (Fsp3) is 0.750. The number of carbonyl (C=O) groups excluding carboxylic acids is 3. The van der Waals surface area contributed by atoms with Crippen LogP contribution in [0, 0.1) is 0 Å². The highest BCUT2D eigenvalue weighted by Crippen LogP contribution is 2.20. The number of imide groups is 1. The van der Waals surface area contributed by atoms with E-state index in [0.717, 1.165) is 4.90 Å². The van der Waals surface area contributed by atoms with Gasteiger partial charge in [-0.1, -0.05) is 6.92 Å². The fourth-order valence-corrected chi connectivity index (χ4v) is 1.88. The summed E-state index contributed by atoms with van der Waals surface area (Å²) >= 11 is 0. The van der Waals surface area contributed by atoms with Crippen LogP contribution in [-0.2, 0) is 9.59 Å². The van der Waals surface area contributed by atoms with E-state index in [4.69, 9.17) is 15.3 Å². The summed E-state index contributed by atoms with van der Waals surface area (Å²) in [5, 5.41) is 32.1. The Morgan fingerprint density at radius 2 is 1.81 bits per heavy atom. The maximum absolute atomic E-state index is 12.1. The SMILES string of the molecule is CCC1(C)NC(=O)N(CC(=O)NC(CO)(CO)CO)C1=O. The average molecular weight is 303 g/mol. The third-order valence-corrected chi connectivity index (χ3v) is 3.67. The molecule has 0 radical (unpaired) electrons. The molecule has 0 bridgehead atoms. The lowest BCUT2D eigenvalue weighted by molar-refractivity contribution is -0.135. The zero-order valence-corrected chi connectivity index (χ0v) is 12.0. The van der Waals surface area contributed by atoms with E-state index in [1.165, 1.54) is 0 Å². The molecule has 0 aromatic rings. The van der Waals surface area contributed by atoms with Gasteiger partial charge in [0.15, 0.2) is 0 Å². The molecule has 9 heteroatoms. The van der Waals surface area contributed by atoms with Crippen molar-refractivity contribution in [1.29, 1.82) is 0 Å². The van der Waals surface area contributed by atoms with Gasteiger partial charge < -0.3 is 26.0 Å². The van der Waals surface area contributed by atoms with E-state index in [-0.39, 0.29) is 0 Å². The van der Waals surface area contributed by atoms with Crippen LogP contribution in [0.1, 0.15) is 20.3 Å². The van der Waals surface area contributed by atoms with Crippen LogP contribution in [0.4, 0.5) is 4.79 Å². The summed E-state index contributed by atoms with van der Waals surface area (Å²) in [7, 11) is 0. The second-order valence-corrected chi connectivity index (χ2v) is 5.31. The van der Waals surface area contributed by atoms with Crippen LogP contribution >= 0.6 is 0 Å². The predicted octanol–water partition coefficient (Wildman–Crippen LogP) is -2.46. The molecule has 1 atom stereocenters. The first kappa shape index (κ1) is 17.3. The van der Waals surface area contributed by atoms with E-state index in [9.17, 15) is 14.4 Å². The van der Waals surface area contributed by atoms with Crippen LogP contribution in [0.2, 0.25) is 0 Å². The van der Waals surface area contributed by atoms with Crippen molar-refractivity contribution in [1.82, 2.24) is 15.5 Å². The summed E-state index contributed by atoms with van der Waals surface area (Å²) in [6, 6.07) is -0.679. The van der Waals surface area contributed by atoms with E-state index in [1.807, 2.05) is 0 Å². The highest BCUT2D eigenvalue weighted by Gasteiger charge is 2.47. The van der Waals surface area contributed by atoms with Crippen LogP contribution in [-0.4, -0.2) is 75.5 Å². The number of nitrogens with zero attached hydrogens (tertiary/aromatic N) is 1. The van der Waals surface area contributed by atoms with Gasteiger partial charge in [-0.2, -0.15) is 0 Å². The summed E-state index contributed by atoms with van der Waals surface area (Å²) in [6.45, 7) is 0.693. The Hall–Kier alpha value is -1.71. The van der Waals surface area contributed by atoms with Gasteiger partial charge in [-0.3, -0.25) is 14.5 Å². The number of nitrogens with one attached hydrogen (secondary N) is 2. The molecule has 0 aromatic heterocycles. The Balaban J connectivity index is 2.76. The third kappa shape index (κ3) is 3.31. The van der Waals surface area contributed by atoms with Crippen molar-refractivity contribution in [2.45, 2.75) is 31.3 Å². The third-order valence-electron chi connectivity index (χ3n) is 3.67. The summed E-state index contributed by atoms with van der Waals surface area (Å²) in [6.07, 6.45) is 0.379. The molecule has 5 N–H and O–H groups in total. The van der Waals surface area contributed by atoms with Crippen LogP contribution in [0.3, 0.4) is 0 Å². The minimum absolute atomic E-state index is 0.379. The number of amides is 4. The minimum Gasteiger partial charge on any atom is -0.394 e. The topological polar surface area (TPSA) is 139 Å². The summed E-state index contributed by atoms with van der Waals surface area (Å²) in [5.41, 5.74) is -2.64. The van der Waals surface area contributed by atoms with Crippen molar-refractivity contribution in [3.63, 3.8) is 0 Å². The monoisotopic (exact) mass is 303 g/mol. The fourth-order valence-electron chi connectivity index (χ4n) is 1.88. The molecule has 1 saturated heterocycles. The molecule has 0 saturated carbocycles. The Bertz CT molecular complexity index is 428. The molecule has 1 unspecified atom stereocenters. The lowest BCUT2D eigenvalue weighted by Gasteiger charge is -2.29. The second kappa shape index (κ2) is 6.37. The van der Waals surface area contributed by atoms with Crippen LogP contribution in [0.15, 0.2) is 0 Å². The van der Waals surface area contributed by atoms with Gasteiger partial charge in [0.25, 0.3) is 5.91 Å². The number of aliphatic hydroxyl groups excluding tert-OH is 3. The van der Waals surface area contributed by atoms with Crippen molar-refractivity contribution >= 4 is 17.8 Å². The molecule has 0 spiro atoms. The highest BCUT2D eigenvalue weighted by atomic mass is 16.3. The van der Waals surface area contributed by atoms with E-state index in [1.54, 1.807) is 13.8 Å². The van der Waals surface area contributed by atoms with E-state index in [0.29, 0.717) is 6.42 Å². The molecule has 4 amide bonds. The highest BCUT2D eigenvalue weighted by molar-refractivity contribution is 6.08. The largest absolute Gasteiger partial charge is 0.394 e. The molecule has 1 aliphatic heterocycles. The van der Waals surface area contributed by atoms with Crippen LogP contribution in [0.25, 0.3) is 0 Å². The summed E-state index contributed by atoms with van der Waals surface area (Å²) < 4.78 is 0. The number of rotatable bonds is 7. The van der Waals surface area contributed by atoms with Crippen LogP contribution < -0.4 is 10.6 Å². The Morgan fingerprint density at radius 1 is 1.29 bits per heavy atom. The predicted molar refractivity (Wildman–Crippen MR) is 71.1 cm³/mol. The zero-order valence-electron chi connectivity index (χ0n) is 12.0. The summed E-state index contributed by atoms with van der Waals surface area (Å²) in [5.74, 6) is -1.29. The molecule has 0 aromatic carbocycles. The van der Waals surface area contributed by atoms with Crippen molar-refractivity contribution < 1.29 is 29.7 Å². The van der Waals surface area contributed by atoms with E-state index < -0.39 is 55.3 Å². The normalized spacial score (nSPS) is 22.4. The average Bonchev–Trinajstić information content (AvgIpc) is 2.69. The summed E-state index contributed by atoms with van der Waals surface area (Å²) in [4.78, 5) is 36.5. The number of urea groups is 1. The molecule has 120 valence electrons. The van der Waals surface area contributed by atoms with Gasteiger partial charge in [0.2, 0.25) is 5.91 Å². The van der Waals surface area contributed by atoms with Gasteiger partial charge in [-0.15, -0.1) is 0 Å². The van der Waals surface area contributed by atoms with Gasteiger partial charge in [-0.05, 0) is 13.3 Å². The van der Waals surface area contributed by atoms with Crippen molar-refractivity contribution in [2.75, 3.05) is 26.4 Å². The molecule has 9 nitrogen and oxygen atoms in total. The number of carbonyl (C=O) groups is 3. The van der Waals surface area contributed by atoms with Crippen LogP contribution in [0.5, 0.6) is 0 Å². The zero-order chi connectivity index (χ0) is 16.3. The second-order valence-electron chi connectivity index (χ2n) is 5.31. The van der Waals surface area contributed by atoms with Crippen molar-refractivity contribution in [2.24, 2.45) is 0 Å². The number of aliphatic hydroxyl groups is 3. The molecule has 1 fully saturated rings. The standard InChI is InChI=1S/C12H21N3O6/c1-3-11(2)9(20)15(10(21)14-11)4-8(19)13-12(5-16,6-17)7-18/h16-18H,3-7H2,1-2H3,(H,13,19)(H,14,21). The minimum atomic E-state index is -1.59. The Labute approximate surface area is 121 Å². The first-order valence-electron chi connectivity index (χ1n) is 6.55. The number of hydrogen-bond donors (Lipinski definition) is 5. The first-order chi connectivity index (χ1) is 9.77. The lowest BCUT2D eigenvalue weighted by atomic mass is 9.99. The molecular formula is C12H21N3O6. The Kier molecular flexibility index (Phi) is 5.26. The molecule has 1 rings (SSSR count). The lowest BCUT2D eigenvalue weighted by Crippen LogP contribution is -2.59. The van der Waals surface area contributed by atoms with Gasteiger partial charge in [-0.25, -0.2) is 4.79 Å². The molecular weight excluding hydrogens is 282 g/mol. The first-order valence-corrected chi connectivity index (χ1v) is 6.55. The van der Waals surface area contributed by atoms with Crippen molar-refractivity contribution in [3.05, 3.63) is 0 Å². The van der Waals surface area contributed by atoms with Crippen molar-refractivity contribution in [3.8, 4) is 0 Å². The quantitative estimate of drug-likeness (QED) is 0.331. The maximum atomic E-state index is 12.1. The smallest absolute Gasteiger partial charge is 0.325 e. The van der Waals surface area contributed by atoms with E-state index >= 15 is 0 Å². The van der Waals surface area contributed by atoms with Gasteiger partial charge in [0.1, 0.15) is 17.6 Å². The Morgan fingerprint density at radius 3 is 2.19 bits per heavy atom. The van der Waals surface area contributed by atoms with Gasteiger partial charge in [0, 0.05) is 0 Å². The molecule has 21 heavy (non-hydrogen) atoms. The maximum Gasteiger partial charge on any atom is 0.325 e. The molecule has 1 heterocycles. The molecule has 1 aliphatic rings. The van der Waals surface area contributed by atoms with E-state index in [2.05, 4.69) is 10.6 Å².